The molecule has 0 unspecified atom stereocenters. The van der Waals surface area contributed by atoms with Crippen molar-refractivity contribution in [2.24, 2.45) is 0 Å². The monoisotopic (exact) mass is 380 g/mol. The highest BCUT2D eigenvalue weighted by Gasteiger charge is 2.07. The van der Waals surface area contributed by atoms with Gasteiger partial charge in [0.2, 0.25) is 0 Å². The standard InChI is InChI=1S/C30H20/c1-3-7-21(8-4-1)23-11-15-27-25(19-23)13-17-30-28-16-12-24(22-9-5-2-6-10-22)20-26(28)14-18-29(27)30/h1-20H. The zero-order chi connectivity index (χ0) is 19.9. The van der Waals surface area contributed by atoms with Crippen molar-refractivity contribution in [3.63, 3.8) is 0 Å². The largest absolute Gasteiger partial charge is 0.0622 e. The maximum absolute atomic E-state index is 2.30. The van der Waals surface area contributed by atoms with Crippen molar-refractivity contribution in [2.75, 3.05) is 0 Å². The highest BCUT2D eigenvalue weighted by atomic mass is 14.1. The minimum absolute atomic E-state index is 1.26. The fourth-order valence-electron chi connectivity index (χ4n) is 4.51. The van der Waals surface area contributed by atoms with Crippen molar-refractivity contribution in [1.29, 1.82) is 0 Å². The van der Waals surface area contributed by atoms with Crippen LogP contribution in [0, 0.1) is 0 Å². The van der Waals surface area contributed by atoms with Crippen LogP contribution in [0.2, 0.25) is 0 Å². The Balaban J connectivity index is 1.53. The molecule has 0 heteroatoms. The van der Waals surface area contributed by atoms with Gasteiger partial charge in [-0.2, -0.15) is 0 Å². The van der Waals surface area contributed by atoms with Crippen molar-refractivity contribution < 1.29 is 0 Å². The first-order valence-electron chi connectivity index (χ1n) is 10.4. The van der Waals surface area contributed by atoms with E-state index in [1.165, 1.54) is 54.6 Å². The van der Waals surface area contributed by atoms with Gasteiger partial charge in [-0.25, -0.2) is 0 Å². The Labute approximate surface area is 176 Å². The first-order chi connectivity index (χ1) is 14.9. The molecule has 0 saturated heterocycles. The lowest BCUT2D eigenvalue weighted by molar-refractivity contribution is 1.64. The van der Waals surface area contributed by atoms with Gasteiger partial charge in [-0.3, -0.25) is 0 Å². The predicted octanol–water partition coefficient (Wildman–Crippen LogP) is 8.48. The van der Waals surface area contributed by atoms with E-state index in [2.05, 4.69) is 121 Å². The van der Waals surface area contributed by atoms with E-state index >= 15 is 0 Å². The first-order valence-corrected chi connectivity index (χ1v) is 10.4. The number of hydrogen-bond acceptors (Lipinski definition) is 0. The van der Waals surface area contributed by atoms with E-state index in [0.717, 1.165) is 0 Å². The Morgan fingerprint density at radius 2 is 0.667 bits per heavy atom. The lowest BCUT2D eigenvalue weighted by Crippen LogP contribution is -1.84. The maximum atomic E-state index is 2.30. The number of benzene rings is 6. The van der Waals surface area contributed by atoms with Crippen LogP contribution in [0.4, 0.5) is 0 Å². The molecule has 0 heterocycles. The Kier molecular flexibility index (Phi) is 3.89. The molecule has 6 aromatic rings. The molecule has 0 aliphatic carbocycles. The van der Waals surface area contributed by atoms with Gasteiger partial charge in [0.25, 0.3) is 0 Å². The molecule has 0 aliphatic heterocycles. The van der Waals surface area contributed by atoms with Gasteiger partial charge in [-0.05, 0) is 66.7 Å². The average Bonchev–Trinajstić information content (AvgIpc) is 2.84. The van der Waals surface area contributed by atoms with E-state index in [4.69, 9.17) is 0 Å². The van der Waals surface area contributed by atoms with E-state index in [-0.39, 0.29) is 0 Å². The molecule has 0 nitrogen and oxygen atoms in total. The summed E-state index contributed by atoms with van der Waals surface area (Å²) in [5.41, 5.74) is 5.03. The van der Waals surface area contributed by atoms with Crippen molar-refractivity contribution in [1.82, 2.24) is 0 Å². The van der Waals surface area contributed by atoms with Gasteiger partial charge >= 0.3 is 0 Å². The van der Waals surface area contributed by atoms with Crippen LogP contribution in [-0.2, 0) is 0 Å². The molecule has 0 aromatic heterocycles. The molecular formula is C30H20. The molecule has 30 heavy (non-hydrogen) atoms. The third kappa shape index (κ3) is 2.77. The second kappa shape index (κ2) is 6.86. The molecule has 0 radical (unpaired) electrons. The number of hydrogen-bond donors (Lipinski definition) is 0. The van der Waals surface area contributed by atoms with E-state index in [9.17, 15) is 0 Å². The minimum atomic E-state index is 1.26. The van der Waals surface area contributed by atoms with Gasteiger partial charge in [0.15, 0.2) is 0 Å². The summed E-state index contributed by atoms with van der Waals surface area (Å²) in [6.07, 6.45) is 0. The zero-order valence-electron chi connectivity index (χ0n) is 16.5. The topological polar surface area (TPSA) is 0 Å². The molecule has 0 spiro atoms. The summed E-state index contributed by atoms with van der Waals surface area (Å²) in [5.74, 6) is 0. The molecule has 140 valence electrons. The SMILES string of the molecule is c1ccc(-c2ccc3c(ccc4c5ccc(-c6ccccc6)cc5ccc34)c2)cc1. The minimum Gasteiger partial charge on any atom is -0.0622 e. The van der Waals surface area contributed by atoms with E-state index in [1.807, 2.05) is 0 Å². The lowest BCUT2D eigenvalue weighted by atomic mass is 9.93. The van der Waals surface area contributed by atoms with Crippen LogP contribution in [0.5, 0.6) is 0 Å². The number of rotatable bonds is 2. The summed E-state index contributed by atoms with van der Waals surface area (Å²) in [6.45, 7) is 0. The Morgan fingerprint density at radius 3 is 1.10 bits per heavy atom. The van der Waals surface area contributed by atoms with Gasteiger partial charge < -0.3 is 0 Å². The highest BCUT2D eigenvalue weighted by Crippen LogP contribution is 2.35. The third-order valence-corrected chi connectivity index (χ3v) is 6.05. The summed E-state index contributed by atoms with van der Waals surface area (Å²) in [7, 11) is 0. The van der Waals surface area contributed by atoms with Gasteiger partial charge in [0.05, 0.1) is 0 Å². The predicted molar refractivity (Wildman–Crippen MR) is 130 cm³/mol. The van der Waals surface area contributed by atoms with Crippen LogP contribution in [-0.4, -0.2) is 0 Å². The molecule has 6 rings (SSSR count). The molecule has 0 atom stereocenters. The van der Waals surface area contributed by atoms with Crippen LogP contribution >= 0.6 is 0 Å². The van der Waals surface area contributed by atoms with E-state index < -0.39 is 0 Å². The third-order valence-electron chi connectivity index (χ3n) is 6.05. The van der Waals surface area contributed by atoms with Crippen LogP contribution in [0.3, 0.4) is 0 Å². The summed E-state index contributed by atoms with van der Waals surface area (Å²) in [5, 5.41) is 7.80. The van der Waals surface area contributed by atoms with Crippen LogP contribution in [0.25, 0.3) is 54.6 Å². The molecule has 0 saturated carbocycles. The molecule has 0 N–H and O–H groups in total. The molecule has 0 aliphatic rings. The summed E-state index contributed by atoms with van der Waals surface area (Å²) in [4.78, 5) is 0. The van der Waals surface area contributed by atoms with Crippen LogP contribution in [0.15, 0.2) is 121 Å². The second-order valence-electron chi connectivity index (χ2n) is 7.83. The van der Waals surface area contributed by atoms with Crippen LogP contribution in [0.1, 0.15) is 0 Å². The second-order valence-corrected chi connectivity index (χ2v) is 7.83. The Hall–Kier alpha value is -3.90. The van der Waals surface area contributed by atoms with Crippen molar-refractivity contribution in [2.45, 2.75) is 0 Å². The molecular weight excluding hydrogens is 360 g/mol. The summed E-state index contributed by atoms with van der Waals surface area (Å²) >= 11 is 0. The van der Waals surface area contributed by atoms with Crippen molar-refractivity contribution >= 4 is 32.3 Å². The van der Waals surface area contributed by atoms with E-state index in [1.54, 1.807) is 0 Å². The quantitative estimate of drug-likeness (QED) is 0.264. The first kappa shape index (κ1) is 17.0. The molecule has 6 aromatic carbocycles. The fraction of sp³-hybridized carbons (Fsp3) is 0. The van der Waals surface area contributed by atoms with Crippen LogP contribution < -0.4 is 0 Å². The van der Waals surface area contributed by atoms with Crippen molar-refractivity contribution in [3.05, 3.63) is 121 Å². The van der Waals surface area contributed by atoms with Gasteiger partial charge in [-0.1, -0.05) is 109 Å². The zero-order valence-corrected chi connectivity index (χ0v) is 16.5. The van der Waals surface area contributed by atoms with Crippen molar-refractivity contribution in [3.8, 4) is 22.3 Å². The molecule has 0 bridgehead atoms. The highest BCUT2D eigenvalue weighted by molar-refractivity contribution is 6.18. The smallest absolute Gasteiger partial charge is 0.00990 e. The maximum Gasteiger partial charge on any atom is -0.00990 e. The normalized spacial score (nSPS) is 11.3. The summed E-state index contributed by atoms with van der Waals surface area (Å²) in [6, 6.07) is 43.8. The molecule has 0 amide bonds. The fourth-order valence-corrected chi connectivity index (χ4v) is 4.51. The Bertz CT molecular complexity index is 1390. The van der Waals surface area contributed by atoms with Gasteiger partial charge in [-0.15, -0.1) is 0 Å². The molecule has 0 fully saturated rings. The summed E-state index contributed by atoms with van der Waals surface area (Å²) < 4.78 is 0. The Morgan fingerprint density at radius 1 is 0.267 bits per heavy atom. The van der Waals surface area contributed by atoms with Gasteiger partial charge in [0.1, 0.15) is 0 Å². The lowest BCUT2D eigenvalue weighted by Gasteiger charge is -2.11. The number of fused-ring (bicyclic) bond motifs is 5. The van der Waals surface area contributed by atoms with E-state index in [0.29, 0.717) is 0 Å². The average molecular weight is 380 g/mol. The van der Waals surface area contributed by atoms with Gasteiger partial charge in [0, 0.05) is 0 Å².